The highest BCUT2D eigenvalue weighted by atomic mass is 16.7. The third-order valence-corrected chi connectivity index (χ3v) is 4.66. The lowest BCUT2D eigenvalue weighted by atomic mass is 10.1. The summed E-state index contributed by atoms with van der Waals surface area (Å²) in [5, 5.41) is 0. The maximum absolute atomic E-state index is 5.49. The fourth-order valence-electron chi connectivity index (χ4n) is 3.33. The molecule has 0 spiro atoms. The molecule has 2 aliphatic heterocycles. The van der Waals surface area contributed by atoms with Crippen LogP contribution >= 0.6 is 0 Å². The average molecular weight is 326 g/mol. The van der Waals surface area contributed by atoms with Crippen molar-refractivity contribution >= 4 is 5.82 Å². The van der Waals surface area contributed by atoms with Crippen LogP contribution < -0.4 is 14.4 Å². The van der Waals surface area contributed by atoms with Crippen LogP contribution in [0.25, 0.3) is 0 Å². The van der Waals surface area contributed by atoms with Gasteiger partial charge >= 0.3 is 0 Å². The fourth-order valence-corrected chi connectivity index (χ4v) is 3.33. The van der Waals surface area contributed by atoms with Crippen molar-refractivity contribution in [2.45, 2.75) is 26.4 Å². The summed E-state index contributed by atoms with van der Waals surface area (Å²) in [6, 6.07) is 6.13. The zero-order valence-electron chi connectivity index (χ0n) is 14.2. The van der Waals surface area contributed by atoms with Crippen molar-refractivity contribution < 1.29 is 9.47 Å². The molecule has 24 heavy (non-hydrogen) atoms. The Morgan fingerprint density at radius 1 is 1.21 bits per heavy atom. The number of likely N-dealkylation sites (N-methyl/N-ethyl adjacent to an activating group) is 1. The van der Waals surface area contributed by atoms with Crippen molar-refractivity contribution in [3.8, 4) is 11.5 Å². The van der Waals surface area contributed by atoms with E-state index in [1.165, 1.54) is 16.8 Å². The van der Waals surface area contributed by atoms with Crippen molar-refractivity contribution in [1.29, 1.82) is 0 Å². The lowest BCUT2D eigenvalue weighted by Crippen LogP contribution is -2.32. The van der Waals surface area contributed by atoms with Crippen LogP contribution in [0.2, 0.25) is 0 Å². The Hall–Kier alpha value is -2.34. The van der Waals surface area contributed by atoms with Crippen LogP contribution in [0.3, 0.4) is 0 Å². The van der Waals surface area contributed by atoms with Crippen LogP contribution in [-0.2, 0) is 19.5 Å². The molecule has 1 aromatic heterocycles. The van der Waals surface area contributed by atoms with Gasteiger partial charge in [-0.15, -0.1) is 0 Å². The average Bonchev–Trinajstić information content (AvgIpc) is 3.07. The number of nitrogens with zero attached hydrogens (tertiary/aromatic N) is 4. The van der Waals surface area contributed by atoms with E-state index >= 15 is 0 Å². The number of hydrogen-bond acceptors (Lipinski definition) is 6. The molecule has 0 saturated heterocycles. The summed E-state index contributed by atoms with van der Waals surface area (Å²) in [6.45, 7) is 6.11. The zero-order valence-corrected chi connectivity index (χ0v) is 14.2. The van der Waals surface area contributed by atoms with Gasteiger partial charge in [0.1, 0.15) is 12.1 Å². The van der Waals surface area contributed by atoms with E-state index in [0.29, 0.717) is 6.79 Å². The first-order valence-corrected chi connectivity index (χ1v) is 8.39. The Kier molecular flexibility index (Phi) is 3.98. The molecule has 0 aliphatic carbocycles. The number of rotatable bonds is 4. The van der Waals surface area contributed by atoms with Gasteiger partial charge in [0.25, 0.3) is 0 Å². The molecule has 2 aliphatic rings. The van der Waals surface area contributed by atoms with E-state index in [1.807, 2.05) is 6.07 Å². The standard InChI is InChI=1S/C18H22N4O2/c1-3-22(9-13-4-5-16-17(8-13)24-12-23-16)18-14-10-21(2)7-6-15(14)19-11-20-18/h4-5,8,11H,3,6-7,9-10,12H2,1-2H3. The Morgan fingerprint density at radius 2 is 2.08 bits per heavy atom. The number of anilines is 1. The van der Waals surface area contributed by atoms with E-state index < -0.39 is 0 Å². The molecule has 2 aromatic rings. The zero-order chi connectivity index (χ0) is 16.5. The van der Waals surface area contributed by atoms with E-state index in [2.05, 4.69) is 45.9 Å². The predicted molar refractivity (Wildman–Crippen MR) is 91.4 cm³/mol. The van der Waals surface area contributed by atoms with Gasteiger partial charge in [-0.3, -0.25) is 0 Å². The normalized spacial score (nSPS) is 16.1. The molecule has 0 N–H and O–H groups in total. The van der Waals surface area contributed by atoms with Gasteiger partial charge in [-0.1, -0.05) is 6.07 Å². The first kappa shape index (κ1) is 15.2. The van der Waals surface area contributed by atoms with Gasteiger partial charge in [-0.25, -0.2) is 9.97 Å². The van der Waals surface area contributed by atoms with Crippen molar-refractivity contribution in [1.82, 2.24) is 14.9 Å². The van der Waals surface area contributed by atoms with Gasteiger partial charge in [-0.05, 0) is 31.7 Å². The number of fused-ring (bicyclic) bond motifs is 2. The smallest absolute Gasteiger partial charge is 0.231 e. The van der Waals surface area contributed by atoms with E-state index in [1.54, 1.807) is 6.33 Å². The molecule has 1 aromatic carbocycles. The second-order valence-corrected chi connectivity index (χ2v) is 6.31. The molecule has 0 radical (unpaired) electrons. The van der Waals surface area contributed by atoms with Crippen molar-refractivity contribution in [3.63, 3.8) is 0 Å². The van der Waals surface area contributed by atoms with Crippen LogP contribution in [0.15, 0.2) is 24.5 Å². The molecule has 0 amide bonds. The van der Waals surface area contributed by atoms with Gasteiger partial charge in [0.15, 0.2) is 11.5 Å². The molecule has 0 fully saturated rings. The number of aromatic nitrogens is 2. The molecule has 126 valence electrons. The maximum atomic E-state index is 5.49. The molecular formula is C18H22N4O2. The predicted octanol–water partition coefficient (Wildman–Crippen LogP) is 2.22. The molecule has 6 heteroatoms. The van der Waals surface area contributed by atoms with E-state index in [4.69, 9.17) is 9.47 Å². The van der Waals surface area contributed by atoms with Gasteiger partial charge in [0.2, 0.25) is 6.79 Å². The van der Waals surface area contributed by atoms with Crippen molar-refractivity contribution in [3.05, 3.63) is 41.3 Å². The number of benzene rings is 1. The number of ether oxygens (including phenoxy) is 2. The minimum absolute atomic E-state index is 0.308. The van der Waals surface area contributed by atoms with Crippen molar-refractivity contribution in [2.24, 2.45) is 0 Å². The summed E-state index contributed by atoms with van der Waals surface area (Å²) in [7, 11) is 2.15. The summed E-state index contributed by atoms with van der Waals surface area (Å²) in [5.41, 5.74) is 3.63. The first-order valence-electron chi connectivity index (χ1n) is 8.39. The SMILES string of the molecule is CCN(Cc1ccc2c(c1)OCO2)c1ncnc2c1CN(C)CC2. The van der Waals surface area contributed by atoms with Gasteiger partial charge in [-0.2, -0.15) is 0 Å². The van der Waals surface area contributed by atoms with Crippen LogP contribution in [0.4, 0.5) is 5.82 Å². The van der Waals surface area contributed by atoms with Crippen LogP contribution in [0.5, 0.6) is 11.5 Å². The van der Waals surface area contributed by atoms with E-state index in [0.717, 1.165) is 49.9 Å². The quantitative estimate of drug-likeness (QED) is 0.859. The highest BCUT2D eigenvalue weighted by molar-refractivity contribution is 5.51. The lowest BCUT2D eigenvalue weighted by Gasteiger charge is -2.30. The van der Waals surface area contributed by atoms with E-state index in [9.17, 15) is 0 Å². The first-order chi connectivity index (χ1) is 11.7. The maximum Gasteiger partial charge on any atom is 0.231 e. The topological polar surface area (TPSA) is 50.7 Å². The molecule has 3 heterocycles. The molecule has 0 atom stereocenters. The Bertz CT molecular complexity index is 750. The minimum Gasteiger partial charge on any atom is -0.454 e. The summed E-state index contributed by atoms with van der Waals surface area (Å²) >= 11 is 0. The van der Waals surface area contributed by atoms with Crippen LogP contribution in [0.1, 0.15) is 23.7 Å². The number of hydrogen-bond donors (Lipinski definition) is 0. The largest absolute Gasteiger partial charge is 0.454 e. The van der Waals surface area contributed by atoms with Gasteiger partial charge < -0.3 is 19.3 Å². The Balaban J connectivity index is 1.62. The van der Waals surface area contributed by atoms with Crippen LogP contribution in [-0.4, -0.2) is 41.8 Å². The molecule has 0 unspecified atom stereocenters. The van der Waals surface area contributed by atoms with E-state index in [-0.39, 0.29) is 0 Å². The third-order valence-electron chi connectivity index (χ3n) is 4.66. The summed E-state index contributed by atoms with van der Waals surface area (Å²) < 4.78 is 10.9. The molecule has 0 saturated carbocycles. The highest BCUT2D eigenvalue weighted by Gasteiger charge is 2.22. The highest BCUT2D eigenvalue weighted by Crippen LogP contribution is 2.33. The summed E-state index contributed by atoms with van der Waals surface area (Å²) in [5.74, 6) is 2.70. The third kappa shape index (κ3) is 2.78. The molecular weight excluding hydrogens is 304 g/mol. The second kappa shape index (κ2) is 6.28. The van der Waals surface area contributed by atoms with Gasteiger partial charge in [0, 0.05) is 38.2 Å². The summed E-state index contributed by atoms with van der Waals surface area (Å²) in [4.78, 5) is 13.7. The lowest BCUT2D eigenvalue weighted by molar-refractivity contribution is 0.174. The minimum atomic E-state index is 0.308. The summed E-state index contributed by atoms with van der Waals surface area (Å²) in [6.07, 6.45) is 2.69. The Labute approximate surface area is 142 Å². The molecule has 0 bridgehead atoms. The second-order valence-electron chi connectivity index (χ2n) is 6.31. The van der Waals surface area contributed by atoms with Gasteiger partial charge in [0.05, 0.1) is 5.69 Å². The monoisotopic (exact) mass is 326 g/mol. The van der Waals surface area contributed by atoms with Crippen molar-refractivity contribution in [2.75, 3.05) is 31.8 Å². The fraction of sp³-hybridized carbons (Fsp3) is 0.444. The molecule has 6 nitrogen and oxygen atoms in total. The van der Waals surface area contributed by atoms with Crippen LogP contribution in [0, 0.1) is 0 Å². The Morgan fingerprint density at radius 3 is 2.96 bits per heavy atom. The molecule has 4 rings (SSSR count).